The molecule has 0 fully saturated rings. The van der Waals surface area contributed by atoms with E-state index in [1.54, 1.807) is 7.11 Å². The van der Waals surface area contributed by atoms with Gasteiger partial charge in [0.2, 0.25) is 0 Å². The lowest BCUT2D eigenvalue weighted by atomic mass is 10.0. The number of hydrogen-bond acceptors (Lipinski definition) is 3. The summed E-state index contributed by atoms with van der Waals surface area (Å²) in [5, 5.41) is 4.49. The Labute approximate surface area is 134 Å². The molecule has 2 aromatic carbocycles. The van der Waals surface area contributed by atoms with Crippen molar-refractivity contribution in [2.24, 2.45) is 0 Å². The Balaban J connectivity index is 1.97. The van der Waals surface area contributed by atoms with Crippen LogP contribution in [0.25, 0.3) is 21.5 Å². The molecule has 0 atom stereocenters. The van der Waals surface area contributed by atoms with Crippen LogP contribution in [-0.4, -0.2) is 17.1 Å². The average Bonchev–Trinajstić information content (AvgIpc) is 2.63. The van der Waals surface area contributed by atoms with E-state index in [1.807, 2.05) is 48.8 Å². The van der Waals surface area contributed by atoms with E-state index < -0.39 is 0 Å². The van der Waals surface area contributed by atoms with Gasteiger partial charge in [0.1, 0.15) is 6.10 Å². The van der Waals surface area contributed by atoms with Crippen LogP contribution in [0.4, 0.5) is 0 Å². The van der Waals surface area contributed by atoms with E-state index in [4.69, 9.17) is 4.74 Å². The maximum Gasteiger partial charge on any atom is 0.142 e. The molecule has 0 saturated heterocycles. The summed E-state index contributed by atoms with van der Waals surface area (Å²) >= 11 is 0. The van der Waals surface area contributed by atoms with E-state index in [0.29, 0.717) is 0 Å². The molecule has 112 valence electrons. The van der Waals surface area contributed by atoms with Crippen LogP contribution in [0, 0.1) is 0 Å². The maximum absolute atomic E-state index is 5.81. The first-order valence-electron chi connectivity index (χ1n) is 7.58. The SMILES string of the molecule is COC(c1nccc2ccccc12)c1nccc2ccccc12. The second kappa shape index (κ2) is 5.78. The molecule has 3 heteroatoms. The van der Waals surface area contributed by atoms with Crippen LogP contribution >= 0.6 is 0 Å². The first-order valence-corrected chi connectivity index (χ1v) is 7.58. The predicted octanol–water partition coefficient (Wildman–Crippen LogP) is 4.52. The van der Waals surface area contributed by atoms with E-state index >= 15 is 0 Å². The van der Waals surface area contributed by atoms with Crippen LogP contribution < -0.4 is 0 Å². The van der Waals surface area contributed by atoms with Crippen LogP contribution in [0.15, 0.2) is 73.1 Å². The molecule has 0 saturated carbocycles. The standard InChI is InChI=1S/C20H16N2O/c1-23-20(18-16-8-4-2-6-14(16)10-12-21-18)19-17-9-5-3-7-15(17)11-13-22-19/h2-13,20H,1H3. The van der Waals surface area contributed by atoms with Crippen LogP contribution in [0.1, 0.15) is 17.5 Å². The Morgan fingerprint density at radius 3 is 1.65 bits per heavy atom. The average molecular weight is 300 g/mol. The minimum Gasteiger partial charge on any atom is -0.369 e. The molecule has 3 nitrogen and oxygen atoms in total. The Morgan fingerprint density at radius 2 is 1.17 bits per heavy atom. The topological polar surface area (TPSA) is 35.0 Å². The van der Waals surface area contributed by atoms with Gasteiger partial charge in [-0.15, -0.1) is 0 Å². The van der Waals surface area contributed by atoms with Crippen molar-refractivity contribution in [2.75, 3.05) is 7.11 Å². The Kier molecular flexibility index (Phi) is 3.48. The zero-order chi connectivity index (χ0) is 15.6. The number of ether oxygens (including phenoxy) is 1. The van der Waals surface area contributed by atoms with Crippen molar-refractivity contribution < 1.29 is 4.74 Å². The number of fused-ring (bicyclic) bond motifs is 2. The molecule has 4 aromatic rings. The zero-order valence-corrected chi connectivity index (χ0v) is 12.8. The lowest BCUT2D eigenvalue weighted by molar-refractivity contribution is 0.132. The molecular formula is C20H16N2O. The molecule has 2 aromatic heterocycles. The van der Waals surface area contributed by atoms with Gasteiger partial charge in [0.05, 0.1) is 11.4 Å². The van der Waals surface area contributed by atoms with Crippen LogP contribution in [0.5, 0.6) is 0 Å². The van der Waals surface area contributed by atoms with Gasteiger partial charge < -0.3 is 4.74 Å². The first kappa shape index (κ1) is 13.9. The lowest BCUT2D eigenvalue weighted by Crippen LogP contribution is -2.09. The normalized spacial score (nSPS) is 11.4. The highest BCUT2D eigenvalue weighted by Crippen LogP contribution is 2.32. The largest absolute Gasteiger partial charge is 0.369 e. The molecule has 0 bridgehead atoms. The third-order valence-electron chi connectivity index (χ3n) is 4.14. The highest BCUT2D eigenvalue weighted by molar-refractivity contribution is 5.88. The number of benzene rings is 2. The van der Waals surface area contributed by atoms with E-state index in [2.05, 4.69) is 34.2 Å². The van der Waals surface area contributed by atoms with Gasteiger partial charge in [0.15, 0.2) is 0 Å². The van der Waals surface area contributed by atoms with E-state index in [-0.39, 0.29) is 6.10 Å². The summed E-state index contributed by atoms with van der Waals surface area (Å²) in [7, 11) is 1.71. The number of pyridine rings is 2. The van der Waals surface area contributed by atoms with Gasteiger partial charge >= 0.3 is 0 Å². The van der Waals surface area contributed by atoms with Gasteiger partial charge in [0.25, 0.3) is 0 Å². The van der Waals surface area contributed by atoms with Gasteiger partial charge in [-0.3, -0.25) is 9.97 Å². The van der Waals surface area contributed by atoms with Crippen molar-refractivity contribution >= 4 is 21.5 Å². The van der Waals surface area contributed by atoms with Gasteiger partial charge in [-0.05, 0) is 22.9 Å². The Hall–Kier alpha value is -2.78. The number of nitrogens with zero attached hydrogens (tertiary/aromatic N) is 2. The van der Waals surface area contributed by atoms with Gasteiger partial charge in [0, 0.05) is 30.3 Å². The van der Waals surface area contributed by atoms with Crippen LogP contribution in [-0.2, 0) is 4.74 Å². The summed E-state index contributed by atoms with van der Waals surface area (Å²) < 4.78 is 5.81. The molecule has 0 N–H and O–H groups in total. The molecule has 0 radical (unpaired) electrons. The van der Waals surface area contributed by atoms with Gasteiger partial charge in [-0.1, -0.05) is 48.5 Å². The molecule has 4 rings (SSSR count). The summed E-state index contributed by atoms with van der Waals surface area (Å²) in [6, 6.07) is 20.5. The zero-order valence-electron chi connectivity index (χ0n) is 12.8. The summed E-state index contributed by atoms with van der Waals surface area (Å²) in [6.45, 7) is 0. The van der Waals surface area contributed by atoms with Crippen molar-refractivity contribution in [1.29, 1.82) is 0 Å². The van der Waals surface area contributed by atoms with Gasteiger partial charge in [-0.25, -0.2) is 0 Å². The highest BCUT2D eigenvalue weighted by Gasteiger charge is 2.21. The highest BCUT2D eigenvalue weighted by atomic mass is 16.5. The Morgan fingerprint density at radius 1 is 0.696 bits per heavy atom. The number of methoxy groups -OCH3 is 1. The van der Waals surface area contributed by atoms with Crippen molar-refractivity contribution in [3.8, 4) is 0 Å². The van der Waals surface area contributed by atoms with Crippen molar-refractivity contribution in [3.05, 3.63) is 84.4 Å². The minimum absolute atomic E-state index is 0.299. The second-order valence-electron chi connectivity index (χ2n) is 5.45. The fourth-order valence-electron chi connectivity index (χ4n) is 3.06. The van der Waals surface area contributed by atoms with Crippen molar-refractivity contribution in [3.63, 3.8) is 0 Å². The number of rotatable bonds is 3. The molecule has 0 aliphatic rings. The minimum atomic E-state index is -0.299. The first-order chi connectivity index (χ1) is 11.4. The summed E-state index contributed by atoms with van der Waals surface area (Å²) in [5.74, 6) is 0. The molecule has 0 amide bonds. The van der Waals surface area contributed by atoms with Gasteiger partial charge in [-0.2, -0.15) is 0 Å². The number of aromatic nitrogens is 2. The van der Waals surface area contributed by atoms with Crippen LogP contribution in [0.3, 0.4) is 0 Å². The maximum atomic E-state index is 5.81. The number of hydrogen-bond donors (Lipinski definition) is 0. The molecule has 0 unspecified atom stereocenters. The monoisotopic (exact) mass is 300 g/mol. The molecule has 2 heterocycles. The smallest absolute Gasteiger partial charge is 0.142 e. The lowest BCUT2D eigenvalue weighted by Gasteiger charge is -2.18. The fourth-order valence-corrected chi connectivity index (χ4v) is 3.06. The third-order valence-corrected chi connectivity index (χ3v) is 4.14. The third kappa shape index (κ3) is 2.35. The quantitative estimate of drug-likeness (QED) is 0.558. The molecule has 0 aliphatic heterocycles. The van der Waals surface area contributed by atoms with E-state index in [0.717, 1.165) is 32.9 Å². The van der Waals surface area contributed by atoms with E-state index in [9.17, 15) is 0 Å². The Bertz CT molecular complexity index is 891. The van der Waals surface area contributed by atoms with Crippen LogP contribution in [0.2, 0.25) is 0 Å². The second-order valence-corrected chi connectivity index (χ2v) is 5.45. The van der Waals surface area contributed by atoms with Crippen molar-refractivity contribution in [2.45, 2.75) is 6.10 Å². The fraction of sp³-hybridized carbons (Fsp3) is 0.100. The van der Waals surface area contributed by atoms with Crippen molar-refractivity contribution in [1.82, 2.24) is 9.97 Å². The van der Waals surface area contributed by atoms with E-state index in [1.165, 1.54) is 0 Å². The molecule has 0 spiro atoms. The molecule has 0 aliphatic carbocycles. The summed E-state index contributed by atoms with van der Waals surface area (Å²) in [6.07, 6.45) is 3.36. The summed E-state index contributed by atoms with van der Waals surface area (Å²) in [4.78, 5) is 9.19. The summed E-state index contributed by atoms with van der Waals surface area (Å²) in [5.41, 5.74) is 1.80. The molecule has 23 heavy (non-hydrogen) atoms. The predicted molar refractivity (Wildman–Crippen MR) is 92.3 cm³/mol. The molecular weight excluding hydrogens is 284 g/mol.